The molecule has 21 heavy (non-hydrogen) atoms. The van der Waals surface area contributed by atoms with Gasteiger partial charge in [-0.1, -0.05) is 11.2 Å². The first-order valence-electron chi connectivity index (χ1n) is 7.02. The van der Waals surface area contributed by atoms with Crippen LogP contribution in [-0.4, -0.2) is 54.4 Å². The Labute approximate surface area is 130 Å². The summed E-state index contributed by atoms with van der Waals surface area (Å²) in [5.74, 6) is 0.173. The van der Waals surface area contributed by atoms with Gasteiger partial charge in [-0.05, 0) is 39.3 Å². The first kappa shape index (κ1) is 16.0. The molecule has 2 rings (SSSR count). The third-order valence-corrected chi connectivity index (χ3v) is 5.03. The molecule has 1 aromatic rings. The Kier molecular flexibility index (Phi) is 4.68. The van der Waals surface area contributed by atoms with Gasteiger partial charge < -0.3 is 15.8 Å². The number of nitrogens with two attached hydrogens (primary N) is 1. The van der Waals surface area contributed by atoms with Gasteiger partial charge in [0.1, 0.15) is 0 Å². The molecule has 1 fully saturated rings. The van der Waals surface area contributed by atoms with Gasteiger partial charge in [0.25, 0.3) is 0 Å². The van der Waals surface area contributed by atoms with Crippen LogP contribution in [0.5, 0.6) is 0 Å². The summed E-state index contributed by atoms with van der Waals surface area (Å²) in [5.41, 5.74) is 7.88. The molecule has 1 aromatic carbocycles. The molecule has 0 spiro atoms. The molecular weight excluding hydrogens is 284 g/mol. The van der Waals surface area contributed by atoms with Crippen molar-refractivity contribution in [2.75, 3.05) is 37.8 Å². The number of thioether (sulfide) groups is 1. The first-order chi connectivity index (χ1) is 9.90. The molecule has 5 nitrogen and oxygen atoms in total. The SMILES string of the molecule is CSc1cccc(N2CCN(C)C(C)(C)C2)c1/C(N)=N/O. The van der Waals surface area contributed by atoms with Gasteiger partial charge in [-0.3, -0.25) is 4.90 Å². The van der Waals surface area contributed by atoms with E-state index in [0.29, 0.717) is 0 Å². The fraction of sp³-hybridized carbons (Fsp3) is 0.533. The van der Waals surface area contributed by atoms with Gasteiger partial charge in [0.05, 0.1) is 5.56 Å². The number of piperazine rings is 1. The van der Waals surface area contributed by atoms with Crippen LogP contribution in [-0.2, 0) is 0 Å². The number of anilines is 1. The van der Waals surface area contributed by atoms with E-state index in [1.807, 2.05) is 18.4 Å². The normalized spacial score (nSPS) is 19.8. The lowest BCUT2D eigenvalue weighted by molar-refractivity contribution is 0.139. The average molecular weight is 308 g/mol. The molecule has 0 atom stereocenters. The molecule has 0 bridgehead atoms. The smallest absolute Gasteiger partial charge is 0.173 e. The highest BCUT2D eigenvalue weighted by molar-refractivity contribution is 7.98. The van der Waals surface area contributed by atoms with Crippen LogP contribution in [0.2, 0.25) is 0 Å². The van der Waals surface area contributed by atoms with E-state index >= 15 is 0 Å². The maximum Gasteiger partial charge on any atom is 0.173 e. The van der Waals surface area contributed by atoms with Crippen LogP contribution in [0, 0.1) is 0 Å². The van der Waals surface area contributed by atoms with E-state index in [-0.39, 0.29) is 11.4 Å². The standard InChI is InChI=1S/C15H24N4OS/c1-15(2)10-19(9-8-18(15)3)11-6-5-7-12(21-4)13(11)14(16)17-20/h5-7,20H,8-10H2,1-4H3,(H2,16,17). The van der Waals surface area contributed by atoms with Crippen molar-refractivity contribution in [3.63, 3.8) is 0 Å². The molecule has 116 valence electrons. The second kappa shape index (κ2) is 6.15. The predicted octanol–water partition coefficient (Wildman–Crippen LogP) is 2.03. The highest BCUT2D eigenvalue weighted by atomic mass is 32.2. The molecule has 3 N–H and O–H groups in total. The fourth-order valence-corrected chi connectivity index (χ4v) is 3.33. The Balaban J connectivity index is 2.45. The van der Waals surface area contributed by atoms with Crippen LogP contribution < -0.4 is 10.6 Å². The zero-order chi connectivity index (χ0) is 15.6. The minimum absolute atomic E-state index is 0.0933. The molecule has 1 aliphatic rings. The van der Waals surface area contributed by atoms with E-state index in [9.17, 15) is 0 Å². The lowest BCUT2D eigenvalue weighted by atomic mass is 9.98. The molecule has 6 heteroatoms. The summed E-state index contributed by atoms with van der Waals surface area (Å²) in [5, 5.41) is 12.3. The average Bonchev–Trinajstić information content (AvgIpc) is 2.48. The van der Waals surface area contributed by atoms with E-state index in [4.69, 9.17) is 10.9 Å². The quantitative estimate of drug-likeness (QED) is 0.294. The number of likely N-dealkylation sites (N-methyl/N-ethyl adjacent to an activating group) is 1. The third-order valence-electron chi connectivity index (χ3n) is 4.25. The molecule has 0 aliphatic carbocycles. The van der Waals surface area contributed by atoms with Crippen molar-refractivity contribution in [2.24, 2.45) is 10.9 Å². The highest BCUT2D eigenvalue weighted by Gasteiger charge is 2.32. The number of hydrogen-bond acceptors (Lipinski definition) is 5. The third kappa shape index (κ3) is 3.11. The molecule has 1 aliphatic heterocycles. The lowest BCUT2D eigenvalue weighted by Crippen LogP contribution is -2.58. The predicted molar refractivity (Wildman–Crippen MR) is 89.7 cm³/mol. The first-order valence-corrected chi connectivity index (χ1v) is 8.24. The van der Waals surface area contributed by atoms with Crippen LogP contribution >= 0.6 is 11.8 Å². The summed E-state index contributed by atoms with van der Waals surface area (Å²) in [6.07, 6.45) is 2.00. The van der Waals surface area contributed by atoms with Gasteiger partial charge in [0.2, 0.25) is 0 Å². The maximum atomic E-state index is 9.10. The van der Waals surface area contributed by atoms with Crippen molar-refractivity contribution in [1.29, 1.82) is 0 Å². The van der Waals surface area contributed by atoms with Gasteiger partial charge in [0.15, 0.2) is 5.84 Å². The summed E-state index contributed by atoms with van der Waals surface area (Å²) < 4.78 is 0. The largest absolute Gasteiger partial charge is 0.409 e. The van der Waals surface area contributed by atoms with Crippen LogP contribution in [0.3, 0.4) is 0 Å². The van der Waals surface area contributed by atoms with Crippen molar-refractivity contribution >= 4 is 23.3 Å². The molecule has 1 saturated heterocycles. The Morgan fingerprint density at radius 2 is 2.10 bits per heavy atom. The minimum atomic E-state index is 0.0933. The van der Waals surface area contributed by atoms with Crippen molar-refractivity contribution in [3.8, 4) is 0 Å². The van der Waals surface area contributed by atoms with Gasteiger partial charge in [-0.25, -0.2) is 0 Å². The van der Waals surface area contributed by atoms with Gasteiger partial charge in [-0.2, -0.15) is 0 Å². The fourth-order valence-electron chi connectivity index (χ4n) is 2.71. The molecule has 0 unspecified atom stereocenters. The number of amidine groups is 1. The Morgan fingerprint density at radius 1 is 1.38 bits per heavy atom. The Morgan fingerprint density at radius 3 is 2.67 bits per heavy atom. The van der Waals surface area contributed by atoms with E-state index < -0.39 is 0 Å². The lowest BCUT2D eigenvalue weighted by Gasteiger charge is -2.46. The van der Waals surface area contributed by atoms with Crippen molar-refractivity contribution in [1.82, 2.24) is 4.90 Å². The monoisotopic (exact) mass is 308 g/mol. The van der Waals surface area contributed by atoms with E-state index in [1.165, 1.54) is 0 Å². The number of benzene rings is 1. The van der Waals surface area contributed by atoms with Gasteiger partial charge >= 0.3 is 0 Å². The second-order valence-corrected chi connectivity index (χ2v) is 6.84. The number of hydrogen-bond donors (Lipinski definition) is 2. The van der Waals surface area contributed by atoms with E-state index in [2.05, 4.69) is 41.9 Å². The Bertz CT molecular complexity index is 544. The summed E-state index contributed by atoms with van der Waals surface area (Å²) in [6.45, 7) is 7.31. The highest BCUT2D eigenvalue weighted by Crippen LogP contribution is 2.32. The van der Waals surface area contributed by atoms with Crippen molar-refractivity contribution in [3.05, 3.63) is 23.8 Å². The van der Waals surface area contributed by atoms with Crippen molar-refractivity contribution in [2.45, 2.75) is 24.3 Å². The summed E-state index contributed by atoms with van der Waals surface area (Å²) in [6, 6.07) is 6.08. The molecule has 1 heterocycles. The van der Waals surface area contributed by atoms with Crippen LogP contribution in [0.4, 0.5) is 5.69 Å². The molecule has 0 aromatic heterocycles. The van der Waals surface area contributed by atoms with Gasteiger partial charge in [0, 0.05) is 35.8 Å². The number of nitrogens with zero attached hydrogens (tertiary/aromatic N) is 3. The summed E-state index contributed by atoms with van der Waals surface area (Å²) >= 11 is 1.61. The molecule has 0 saturated carbocycles. The Hall–Kier alpha value is -1.40. The number of oxime groups is 1. The molecular formula is C15H24N4OS. The van der Waals surface area contributed by atoms with Crippen LogP contribution in [0.1, 0.15) is 19.4 Å². The van der Waals surface area contributed by atoms with E-state index in [0.717, 1.165) is 35.8 Å². The molecule has 0 amide bonds. The second-order valence-electron chi connectivity index (χ2n) is 6.00. The summed E-state index contributed by atoms with van der Waals surface area (Å²) in [7, 11) is 2.15. The molecule has 0 radical (unpaired) electrons. The zero-order valence-corrected chi connectivity index (χ0v) is 13.9. The minimum Gasteiger partial charge on any atom is -0.409 e. The van der Waals surface area contributed by atoms with Crippen LogP contribution in [0.15, 0.2) is 28.3 Å². The summed E-state index contributed by atoms with van der Waals surface area (Å²) in [4.78, 5) is 5.72. The number of rotatable bonds is 3. The van der Waals surface area contributed by atoms with Crippen molar-refractivity contribution < 1.29 is 5.21 Å². The van der Waals surface area contributed by atoms with Crippen LogP contribution in [0.25, 0.3) is 0 Å². The zero-order valence-electron chi connectivity index (χ0n) is 13.1. The van der Waals surface area contributed by atoms with E-state index in [1.54, 1.807) is 11.8 Å². The topological polar surface area (TPSA) is 65.1 Å². The maximum absolute atomic E-state index is 9.10. The van der Waals surface area contributed by atoms with Gasteiger partial charge in [-0.15, -0.1) is 11.8 Å².